The van der Waals surface area contributed by atoms with Gasteiger partial charge in [0.2, 0.25) is 0 Å². The maximum atomic E-state index is 13.1. The van der Waals surface area contributed by atoms with E-state index in [-0.39, 0.29) is 5.91 Å². The zero-order valence-corrected chi connectivity index (χ0v) is 16.7. The molecule has 2 heterocycles. The molecule has 4 rings (SSSR count). The molecule has 2 aromatic rings. The van der Waals surface area contributed by atoms with Crippen LogP contribution in [-0.4, -0.2) is 43.2 Å². The molecule has 0 aliphatic carbocycles. The summed E-state index contributed by atoms with van der Waals surface area (Å²) in [4.78, 5) is 14.3. The Hall–Kier alpha value is -2.57. The summed E-state index contributed by atoms with van der Waals surface area (Å²) in [5.41, 5.74) is 2.93. The van der Waals surface area contributed by atoms with Crippen molar-refractivity contribution in [3.63, 3.8) is 0 Å². The molecule has 5 nitrogen and oxygen atoms in total. The minimum atomic E-state index is -0.674. The van der Waals surface area contributed by atoms with Crippen LogP contribution in [0, 0.1) is 0 Å². The van der Waals surface area contributed by atoms with E-state index < -0.39 is 6.17 Å². The van der Waals surface area contributed by atoms with Crippen LogP contribution in [0.25, 0.3) is 5.57 Å². The Balaban J connectivity index is 1.28. The molecule has 152 valence electrons. The molecule has 2 N–H and O–H groups in total. The highest BCUT2D eigenvalue weighted by Crippen LogP contribution is 2.33. The number of fused-ring (bicyclic) bond motifs is 1. The molecule has 0 aromatic heterocycles. The van der Waals surface area contributed by atoms with Gasteiger partial charge in [0.15, 0.2) is 0 Å². The Morgan fingerprint density at radius 3 is 2.86 bits per heavy atom. The SMILES string of the molecule is O=C1Nc2ccc(Cl)cc2/C1=C\Nc1ccc(OCCCN2CCC(F)C2)cc1. The van der Waals surface area contributed by atoms with Crippen molar-refractivity contribution >= 4 is 34.5 Å². The van der Waals surface area contributed by atoms with E-state index in [9.17, 15) is 9.18 Å². The second-order valence-electron chi connectivity index (χ2n) is 7.26. The highest BCUT2D eigenvalue weighted by atomic mass is 35.5. The molecular weight excluding hydrogens is 393 g/mol. The number of ether oxygens (including phenoxy) is 1. The fourth-order valence-corrected chi connectivity index (χ4v) is 3.75. The van der Waals surface area contributed by atoms with E-state index in [0.717, 1.165) is 42.2 Å². The van der Waals surface area contributed by atoms with Gasteiger partial charge in [-0.25, -0.2) is 4.39 Å². The second kappa shape index (κ2) is 8.84. The Labute approximate surface area is 174 Å². The number of benzene rings is 2. The van der Waals surface area contributed by atoms with E-state index in [1.165, 1.54) is 0 Å². The summed E-state index contributed by atoms with van der Waals surface area (Å²) in [5.74, 6) is 0.621. The summed E-state index contributed by atoms with van der Waals surface area (Å²) in [6, 6.07) is 12.9. The molecule has 2 aliphatic heterocycles. The van der Waals surface area contributed by atoms with E-state index in [4.69, 9.17) is 16.3 Å². The average molecular weight is 416 g/mol. The minimum absolute atomic E-state index is 0.160. The number of amides is 1. The molecule has 1 atom stereocenters. The van der Waals surface area contributed by atoms with E-state index in [2.05, 4.69) is 15.5 Å². The fourth-order valence-electron chi connectivity index (χ4n) is 3.57. The molecule has 7 heteroatoms. The smallest absolute Gasteiger partial charge is 0.257 e. The van der Waals surface area contributed by atoms with Crippen LogP contribution in [0.4, 0.5) is 15.8 Å². The first kappa shape index (κ1) is 19.7. The molecule has 0 spiro atoms. The molecule has 0 radical (unpaired) electrons. The predicted molar refractivity (Wildman–Crippen MR) is 114 cm³/mol. The summed E-state index contributed by atoms with van der Waals surface area (Å²) < 4.78 is 18.9. The number of alkyl halides is 1. The lowest BCUT2D eigenvalue weighted by atomic mass is 10.1. The number of nitrogens with one attached hydrogen (secondary N) is 2. The Morgan fingerprint density at radius 2 is 2.10 bits per heavy atom. The number of halogens is 2. The van der Waals surface area contributed by atoms with Gasteiger partial charge in [-0.3, -0.25) is 4.79 Å². The Morgan fingerprint density at radius 1 is 1.28 bits per heavy atom. The predicted octanol–water partition coefficient (Wildman–Crippen LogP) is 4.56. The number of likely N-dealkylation sites (tertiary alicyclic amines) is 1. The molecule has 1 amide bonds. The lowest BCUT2D eigenvalue weighted by Crippen LogP contribution is -2.23. The average Bonchev–Trinajstić information content (AvgIpc) is 3.26. The van der Waals surface area contributed by atoms with E-state index in [1.807, 2.05) is 24.3 Å². The van der Waals surface area contributed by atoms with E-state index in [1.54, 1.807) is 24.4 Å². The third-order valence-corrected chi connectivity index (χ3v) is 5.34. The minimum Gasteiger partial charge on any atom is -0.494 e. The summed E-state index contributed by atoms with van der Waals surface area (Å²) in [7, 11) is 0. The number of anilines is 2. The first-order valence-electron chi connectivity index (χ1n) is 9.76. The summed E-state index contributed by atoms with van der Waals surface area (Å²) in [6.07, 6.45) is 2.52. The van der Waals surface area contributed by atoms with Crippen LogP contribution in [0.1, 0.15) is 18.4 Å². The monoisotopic (exact) mass is 415 g/mol. The lowest BCUT2D eigenvalue weighted by Gasteiger charge is -2.14. The second-order valence-corrected chi connectivity index (χ2v) is 7.70. The van der Waals surface area contributed by atoms with E-state index >= 15 is 0 Å². The quantitative estimate of drug-likeness (QED) is 0.514. The van der Waals surface area contributed by atoms with Crippen LogP contribution in [0.3, 0.4) is 0 Å². The van der Waals surface area contributed by atoms with Crippen molar-refractivity contribution in [2.75, 3.05) is 36.9 Å². The van der Waals surface area contributed by atoms with Crippen LogP contribution < -0.4 is 15.4 Å². The molecule has 1 fully saturated rings. The van der Waals surface area contributed by atoms with Gasteiger partial charge in [0.1, 0.15) is 11.9 Å². The van der Waals surface area contributed by atoms with Gasteiger partial charge in [0.25, 0.3) is 5.91 Å². The topological polar surface area (TPSA) is 53.6 Å². The maximum Gasteiger partial charge on any atom is 0.257 e. The third kappa shape index (κ3) is 4.89. The van der Waals surface area contributed by atoms with Crippen LogP contribution in [0.5, 0.6) is 5.75 Å². The maximum absolute atomic E-state index is 13.1. The van der Waals surface area contributed by atoms with Crippen LogP contribution in [0.15, 0.2) is 48.7 Å². The number of carbonyl (C=O) groups is 1. The molecule has 2 aliphatic rings. The molecule has 2 aromatic carbocycles. The lowest BCUT2D eigenvalue weighted by molar-refractivity contribution is -0.110. The van der Waals surface area contributed by atoms with Gasteiger partial charge in [-0.05, 0) is 55.3 Å². The summed E-state index contributed by atoms with van der Waals surface area (Å²) in [5, 5.41) is 6.56. The van der Waals surface area contributed by atoms with Gasteiger partial charge in [-0.15, -0.1) is 0 Å². The summed E-state index contributed by atoms with van der Waals surface area (Å²) in [6.45, 7) is 2.85. The molecular formula is C22H23ClFN3O2. The molecule has 29 heavy (non-hydrogen) atoms. The van der Waals surface area contributed by atoms with Crippen LogP contribution in [0.2, 0.25) is 5.02 Å². The van der Waals surface area contributed by atoms with Crippen molar-refractivity contribution < 1.29 is 13.9 Å². The normalized spacial score (nSPS) is 20.0. The van der Waals surface area contributed by atoms with Gasteiger partial charge >= 0.3 is 0 Å². The summed E-state index contributed by atoms with van der Waals surface area (Å²) >= 11 is 6.05. The van der Waals surface area contributed by atoms with Crippen molar-refractivity contribution in [1.82, 2.24) is 4.90 Å². The number of hydrogen-bond acceptors (Lipinski definition) is 4. The largest absolute Gasteiger partial charge is 0.494 e. The number of hydrogen-bond donors (Lipinski definition) is 2. The van der Waals surface area contributed by atoms with Crippen molar-refractivity contribution in [2.45, 2.75) is 19.0 Å². The van der Waals surface area contributed by atoms with E-state index in [0.29, 0.717) is 30.2 Å². The van der Waals surface area contributed by atoms with Gasteiger partial charge in [0.05, 0.1) is 12.2 Å². The van der Waals surface area contributed by atoms with Gasteiger partial charge in [-0.1, -0.05) is 11.6 Å². The molecule has 1 unspecified atom stereocenters. The molecule has 0 saturated carbocycles. The standard InChI is InChI=1S/C22H23ClFN3O2/c23-15-2-7-21-19(12-15)20(22(28)26-21)13-25-17-3-5-18(6-4-17)29-11-1-9-27-10-8-16(24)14-27/h2-7,12-13,16,25H,1,8-11,14H2,(H,26,28)/b20-13+. The Kier molecular flexibility index (Phi) is 6.02. The fraction of sp³-hybridized carbons (Fsp3) is 0.318. The number of carbonyl (C=O) groups excluding carboxylic acids is 1. The van der Waals surface area contributed by atoms with Crippen molar-refractivity contribution in [3.8, 4) is 5.75 Å². The zero-order chi connectivity index (χ0) is 20.2. The zero-order valence-electron chi connectivity index (χ0n) is 16.0. The first-order valence-corrected chi connectivity index (χ1v) is 10.1. The van der Waals surface area contributed by atoms with Crippen LogP contribution >= 0.6 is 11.6 Å². The van der Waals surface area contributed by atoms with Gasteiger partial charge < -0.3 is 20.3 Å². The number of rotatable bonds is 7. The molecule has 1 saturated heterocycles. The van der Waals surface area contributed by atoms with Crippen molar-refractivity contribution in [3.05, 3.63) is 59.3 Å². The van der Waals surface area contributed by atoms with Gasteiger partial charge in [0, 0.05) is 47.8 Å². The highest BCUT2D eigenvalue weighted by Gasteiger charge is 2.24. The van der Waals surface area contributed by atoms with Crippen molar-refractivity contribution in [1.29, 1.82) is 0 Å². The molecule has 0 bridgehead atoms. The number of nitrogens with zero attached hydrogens (tertiary/aromatic N) is 1. The third-order valence-electron chi connectivity index (χ3n) is 5.10. The highest BCUT2D eigenvalue weighted by molar-refractivity contribution is 6.34. The van der Waals surface area contributed by atoms with Crippen LogP contribution in [-0.2, 0) is 4.79 Å². The first-order chi connectivity index (χ1) is 14.1. The van der Waals surface area contributed by atoms with Gasteiger partial charge in [-0.2, -0.15) is 0 Å². The van der Waals surface area contributed by atoms with Crippen molar-refractivity contribution in [2.24, 2.45) is 0 Å². The Bertz CT molecular complexity index is 917.